The van der Waals surface area contributed by atoms with E-state index < -0.39 is 5.97 Å². The Bertz CT molecular complexity index is 1390. The van der Waals surface area contributed by atoms with Gasteiger partial charge in [0.2, 0.25) is 0 Å². The van der Waals surface area contributed by atoms with E-state index in [4.69, 9.17) is 26.7 Å². The molecule has 7 heteroatoms. The molecular weight excluding hydrogens is 510 g/mol. The van der Waals surface area contributed by atoms with E-state index in [2.05, 4.69) is 12.2 Å². The Balaban J connectivity index is 0.00000205. The molecule has 0 bridgehead atoms. The first kappa shape index (κ1) is 29.8. The first-order valence-electron chi connectivity index (χ1n) is 13.5. The Hall–Kier alpha value is -3.77. The summed E-state index contributed by atoms with van der Waals surface area (Å²) in [4.78, 5) is 33.2. The van der Waals surface area contributed by atoms with Crippen molar-refractivity contribution in [2.45, 2.75) is 58.8 Å². The second-order valence-electron chi connectivity index (χ2n) is 9.13. The topological polar surface area (TPSA) is 92.2 Å². The van der Waals surface area contributed by atoms with Crippen LogP contribution in [0.2, 0.25) is 5.02 Å². The quantitative estimate of drug-likeness (QED) is 0.215. The molecule has 4 aromatic rings. The molecule has 4 rings (SSSR count). The Kier molecular flexibility index (Phi) is 11.0. The van der Waals surface area contributed by atoms with E-state index in [1.165, 1.54) is 0 Å². The largest absolute Gasteiger partial charge is 0.481 e. The van der Waals surface area contributed by atoms with Crippen LogP contribution < -0.4 is 5.32 Å². The number of fused-ring (bicyclic) bond motifs is 1. The molecular formula is C32H36ClN3O3. The fraction of sp³-hybridized carbons (Fsp3) is 0.312. The van der Waals surface area contributed by atoms with E-state index in [1.54, 1.807) is 12.1 Å². The Labute approximate surface area is 235 Å². The van der Waals surface area contributed by atoms with Gasteiger partial charge in [-0.1, -0.05) is 81.3 Å². The normalized spacial score (nSPS) is 12.2. The molecule has 0 aliphatic carbocycles. The highest BCUT2D eigenvalue weighted by Crippen LogP contribution is 2.41. The van der Waals surface area contributed by atoms with Gasteiger partial charge in [0.15, 0.2) is 0 Å². The van der Waals surface area contributed by atoms with Gasteiger partial charge in [-0.25, -0.2) is 9.97 Å². The van der Waals surface area contributed by atoms with Gasteiger partial charge >= 0.3 is 5.97 Å². The number of carbonyl (C=O) groups excluding carboxylic acids is 1. The molecule has 0 saturated heterocycles. The smallest absolute Gasteiger partial charge is 0.305 e. The van der Waals surface area contributed by atoms with E-state index >= 15 is 0 Å². The van der Waals surface area contributed by atoms with Gasteiger partial charge in [0, 0.05) is 28.2 Å². The van der Waals surface area contributed by atoms with Crippen molar-refractivity contribution < 1.29 is 14.7 Å². The van der Waals surface area contributed by atoms with E-state index in [9.17, 15) is 9.59 Å². The number of para-hydroxylation sites is 1. The van der Waals surface area contributed by atoms with Crippen LogP contribution in [0.15, 0.2) is 72.8 Å². The number of aliphatic carboxylic acids is 1. The van der Waals surface area contributed by atoms with Gasteiger partial charge in [-0.05, 0) is 60.7 Å². The number of rotatable bonds is 10. The van der Waals surface area contributed by atoms with Gasteiger partial charge in [0.1, 0.15) is 5.82 Å². The average Bonchev–Trinajstić information content (AvgIpc) is 2.95. The number of aromatic nitrogens is 2. The Morgan fingerprint density at radius 2 is 1.56 bits per heavy atom. The molecule has 2 N–H and O–H groups in total. The van der Waals surface area contributed by atoms with Gasteiger partial charge in [0.05, 0.1) is 17.9 Å². The second kappa shape index (κ2) is 14.4. The SMILES string of the molecule is CC.CCCC(c1ccc(C(=O)NCCC(=O)O)cc1)C(c1ccc(Cl)cc1)c1nc(C)c2ccccc2n1. The van der Waals surface area contributed by atoms with Crippen molar-refractivity contribution in [3.63, 3.8) is 0 Å². The molecule has 0 aliphatic heterocycles. The zero-order valence-corrected chi connectivity index (χ0v) is 23.7. The molecule has 204 valence electrons. The number of amides is 1. The number of aryl methyl sites for hydroxylation is 1. The second-order valence-corrected chi connectivity index (χ2v) is 9.57. The lowest BCUT2D eigenvalue weighted by atomic mass is 9.78. The van der Waals surface area contributed by atoms with Crippen LogP contribution in [0.5, 0.6) is 0 Å². The third-order valence-corrected chi connectivity index (χ3v) is 6.80. The maximum atomic E-state index is 12.5. The number of hydrogen-bond acceptors (Lipinski definition) is 4. The molecule has 3 aromatic carbocycles. The van der Waals surface area contributed by atoms with Crippen LogP contribution in [0.4, 0.5) is 0 Å². The average molecular weight is 546 g/mol. The molecule has 6 nitrogen and oxygen atoms in total. The summed E-state index contributed by atoms with van der Waals surface area (Å²) in [6.45, 7) is 8.26. The van der Waals surface area contributed by atoms with Crippen LogP contribution in [-0.2, 0) is 4.79 Å². The van der Waals surface area contributed by atoms with E-state index in [-0.39, 0.29) is 30.7 Å². The van der Waals surface area contributed by atoms with Crippen molar-refractivity contribution in [3.8, 4) is 0 Å². The molecule has 0 spiro atoms. The molecule has 0 saturated carbocycles. The first-order valence-corrected chi connectivity index (χ1v) is 13.8. The summed E-state index contributed by atoms with van der Waals surface area (Å²) in [6.07, 6.45) is 1.74. The lowest BCUT2D eigenvalue weighted by Gasteiger charge is -2.28. The number of nitrogens with zero attached hydrogens (tertiary/aromatic N) is 2. The number of benzene rings is 3. The minimum atomic E-state index is -0.947. The fourth-order valence-corrected chi connectivity index (χ4v) is 4.86. The number of carbonyl (C=O) groups is 2. The van der Waals surface area contributed by atoms with Crippen LogP contribution in [0, 0.1) is 6.92 Å². The van der Waals surface area contributed by atoms with Crippen LogP contribution in [0.3, 0.4) is 0 Å². The maximum Gasteiger partial charge on any atom is 0.305 e. The standard InChI is InChI=1S/C30H30ClN3O3.C2H6/c1-3-6-25(20-9-11-22(12-10-20)30(37)32-18-17-27(35)36)28(21-13-15-23(31)16-14-21)29-33-19(2)24-7-4-5-8-26(24)34-29;1-2/h4-5,7-16,25,28H,3,6,17-18H2,1-2H3,(H,32,37)(H,35,36);1-2H3. The lowest BCUT2D eigenvalue weighted by molar-refractivity contribution is -0.136. The third kappa shape index (κ3) is 7.64. The molecule has 1 aromatic heterocycles. The van der Waals surface area contributed by atoms with Crippen molar-refractivity contribution in [1.29, 1.82) is 0 Å². The zero-order valence-electron chi connectivity index (χ0n) is 22.9. The van der Waals surface area contributed by atoms with Crippen molar-refractivity contribution >= 4 is 34.4 Å². The highest BCUT2D eigenvalue weighted by Gasteiger charge is 2.29. The van der Waals surface area contributed by atoms with Gasteiger partial charge in [-0.3, -0.25) is 9.59 Å². The summed E-state index contributed by atoms with van der Waals surface area (Å²) < 4.78 is 0. The molecule has 0 aliphatic rings. The molecule has 2 unspecified atom stereocenters. The monoisotopic (exact) mass is 545 g/mol. The van der Waals surface area contributed by atoms with Crippen LogP contribution in [0.25, 0.3) is 10.9 Å². The first-order chi connectivity index (χ1) is 18.9. The summed E-state index contributed by atoms with van der Waals surface area (Å²) in [6, 6.07) is 23.4. The summed E-state index contributed by atoms with van der Waals surface area (Å²) in [5.74, 6) is -0.529. The predicted octanol–water partition coefficient (Wildman–Crippen LogP) is 7.54. The molecule has 0 fully saturated rings. The summed E-state index contributed by atoms with van der Waals surface area (Å²) >= 11 is 6.22. The van der Waals surface area contributed by atoms with Gasteiger partial charge in [-0.2, -0.15) is 0 Å². The van der Waals surface area contributed by atoms with Crippen molar-refractivity contribution in [2.75, 3.05) is 6.54 Å². The number of nitrogens with one attached hydrogen (secondary N) is 1. The number of carboxylic acids is 1. The Morgan fingerprint density at radius 3 is 2.21 bits per heavy atom. The number of halogens is 1. The molecule has 2 atom stereocenters. The van der Waals surface area contributed by atoms with Crippen molar-refractivity contribution in [2.24, 2.45) is 0 Å². The van der Waals surface area contributed by atoms with E-state index in [1.807, 2.05) is 81.4 Å². The molecule has 1 heterocycles. The van der Waals surface area contributed by atoms with Crippen LogP contribution in [-0.4, -0.2) is 33.5 Å². The van der Waals surface area contributed by atoms with E-state index in [0.717, 1.165) is 46.4 Å². The fourth-order valence-electron chi connectivity index (χ4n) is 4.73. The van der Waals surface area contributed by atoms with Crippen LogP contribution >= 0.6 is 11.6 Å². The summed E-state index contributed by atoms with van der Waals surface area (Å²) in [5, 5.41) is 13.2. The molecule has 39 heavy (non-hydrogen) atoms. The maximum absolute atomic E-state index is 12.5. The Morgan fingerprint density at radius 1 is 0.923 bits per heavy atom. The number of carboxylic acid groups (broad SMARTS) is 1. The van der Waals surface area contributed by atoms with Crippen LogP contribution in [0.1, 0.15) is 84.9 Å². The van der Waals surface area contributed by atoms with Crippen molar-refractivity contribution in [3.05, 3.63) is 106 Å². The minimum Gasteiger partial charge on any atom is -0.481 e. The number of hydrogen-bond donors (Lipinski definition) is 2. The predicted molar refractivity (Wildman–Crippen MR) is 158 cm³/mol. The minimum absolute atomic E-state index is 0.0656. The highest BCUT2D eigenvalue weighted by atomic mass is 35.5. The van der Waals surface area contributed by atoms with Gasteiger partial charge in [-0.15, -0.1) is 0 Å². The van der Waals surface area contributed by atoms with Gasteiger partial charge < -0.3 is 10.4 Å². The summed E-state index contributed by atoms with van der Waals surface area (Å²) in [5.41, 5.74) is 4.49. The summed E-state index contributed by atoms with van der Waals surface area (Å²) in [7, 11) is 0. The zero-order chi connectivity index (χ0) is 28.4. The highest BCUT2D eigenvalue weighted by molar-refractivity contribution is 6.30. The van der Waals surface area contributed by atoms with E-state index in [0.29, 0.717) is 10.6 Å². The lowest BCUT2D eigenvalue weighted by Crippen LogP contribution is -2.26. The molecule has 1 amide bonds. The van der Waals surface area contributed by atoms with Crippen molar-refractivity contribution in [1.82, 2.24) is 15.3 Å². The molecule has 0 radical (unpaired) electrons. The third-order valence-electron chi connectivity index (χ3n) is 6.55. The van der Waals surface area contributed by atoms with Gasteiger partial charge in [0.25, 0.3) is 5.91 Å².